The molecular formula is C16H20Cl2N6O2. The number of hydrogen-bond donors (Lipinski definition) is 0. The number of morpholine rings is 2. The van der Waals surface area contributed by atoms with Crippen LogP contribution in [0.15, 0.2) is 24.5 Å². The van der Waals surface area contributed by atoms with Crippen molar-refractivity contribution in [3.05, 3.63) is 35.0 Å². The zero-order chi connectivity index (χ0) is 18.2. The van der Waals surface area contributed by atoms with Gasteiger partial charge in [-0.2, -0.15) is 0 Å². The molecule has 4 rings (SSSR count). The van der Waals surface area contributed by atoms with E-state index in [1.54, 1.807) is 18.5 Å². The van der Waals surface area contributed by atoms with E-state index < -0.39 is 0 Å². The number of rotatable bonds is 2. The van der Waals surface area contributed by atoms with Crippen molar-refractivity contribution in [2.24, 2.45) is 0 Å². The fourth-order valence-corrected chi connectivity index (χ4v) is 2.81. The molecule has 2 saturated heterocycles. The highest BCUT2D eigenvalue weighted by molar-refractivity contribution is 6.29. The molecule has 26 heavy (non-hydrogen) atoms. The van der Waals surface area contributed by atoms with Crippen molar-refractivity contribution >= 4 is 35.0 Å². The molecule has 0 aliphatic carbocycles. The number of halogens is 2. The zero-order valence-electron chi connectivity index (χ0n) is 14.2. The van der Waals surface area contributed by atoms with Gasteiger partial charge in [-0.25, -0.2) is 19.9 Å². The van der Waals surface area contributed by atoms with E-state index in [0.717, 1.165) is 58.4 Å². The minimum absolute atomic E-state index is 0.295. The fourth-order valence-electron chi connectivity index (χ4n) is 2.54. The van der Waals surface area contributed by atoms with Gasteiger partial charge >= 0.3 is 0 Å². The summed E-state index contributed by atoms with van der Waals surface area (Å²) in [5, 5.41) is 0.778. The van der Waals surface area contributed by atoms with Crippen LogP contribution in [-0.4, -0.2) is 72.5 Å². The van der Waals surface area contributed by atoms with E-state index in [2.05, 4.69) is 29.7 Å². The first-order valence-corrected chi connectivity index (χ1v) is 9.10. The van der Waals surface area contributed by atoms with Crippen molar-refractivity contribution in [3.63, 3.8) is 0 Å². The maximum atomic E-state index is 5.76. The van der Waals surface area contributed by atoms with Gasteiger partial charge in [0.05, 0.1) is 26.4 Å². The molecule has 2 aromatic rings. The van der Waals surface area contributed by atoms with Crippen LogP contribution < -0.4 is 9.80 Å². The van der Waals surface area contributed by atoms with Crippen molar-refractivity contribution in [1.82, 2.24) is 19.9 Å². The second-order valence-electron chi connectivity index (χ2n) is 5.56. The van der Waals surface area contributed by atoms with E-state index in [0.29, 0.717) is 16.4 Å². The first kappa shape index (κ1) is 19.0. The first-order chi connectivity index (χ1) is 12.7. The summed E-state index contributed by atoms with van der Waals surface area (Å²) in [5.41, 5.74) is 0. The van der Waals surface area contributed by atoms with Crippen LogP contribution in [0.3, 0.4) is 0 Å². The van der Waals surface area contributed by atoms with Gasteiger partial charge in [0.25, 0.3) is 0 Å². The van der Waals surface area contributed by atoms with Crippen LogP contribution in [0.4, 0.5) is 11.8 Å². The fraction of sp³-hybridized carbons (Fsp3) is 0.500. The van der Waals surface area contributed by atoms with Gasteiger partial charge < -0.3 is 19.3 Å². The Labute approximate surface area is 162 Å². The van der Waals surface area contributed by atoms with Gasteiger partial charge in [0.15, 0.2) is 0 Å². The van der Waals surface area contributed by atoms with Crippen LogP contribution in [-0.2, 0) is 9.47 Å². The highest BCUT2D eigenvalue weighted by Gasteiger charge is 2.13. The Kier molecular flexibility index (Phi) is 7.19. The SMILES string of the molecule is Clc1ccnc(N2CCOCC2)n1.Clc1nccc(N2CCOCC2)n1. The van der Waals surface area contributed by atoms with Gasteiger partial charge in [-0.1, -0.05) is 11.6 Å². The van der Waals surface area contributed by atoms with Crippen LogP contribution in [0.5, 0.6) is 0 Å². The summed E-state index contributed by atoms with van der Waals surface area (Å²) >= 11 is 11.4. The van der Waals surface area contributed by atoms with Crippen LogP contribution >= 0.6 is 23.2 Å². The number of nitrogens with zero attached hydrogens (tertiary/aromatic N) is 6. The number of anilines is 2. The van der Waals surface area contributed by atoms with E-state index in [1.807, 2.05) is 6.07 Å². The van der Waals surface area contributed by atoms with Crippen LogP contribution in [0.1, 0.15) is 0 Å². The lowest BCUT2D eigenvalue weighted by Crippen LogP contribution is -2.37. The third-order valence-corrected chi connectivity index (χ3v) is 4.24. The lowest BCUT2D eigenvalue weighted by atomic mass is 10.4. The summed E-state index contributed by atoms with van der Waals surface area (Å²) in [6, 6.07) is 3.53. The van der Waals surface area contributed by atoms with Gasteiger partial charge in [0, 0.05) is 38.6 Å². The molecule has 0 bridgehead atoms. The summed E-state index contributed by atoms with van der Waals surface area (Å²) in [7, 11) is 0. The molecule has 2 aromatic heterocycles. The van der Waals surface area contributed by atoms with E-state index in [1.165, 1.54) is 0 Å². The highest BCUT2D eigenvalue weighted by atomic mass is 35.5. The Hall–Kier alpha value is -1.74. The molecule has 2 fully saturated rings. The molecule has 140 valence electrons. The Balaban J connectivity index is 0.000000151. The molecule has 0 saturated carbocycles. The molecule has 4 heterocycles. The van der Waals surface area contributed by atoms with Gasteiger partial charge in [0.2, 0.25) is 11.2 Å². The Morgan fingerprint density at radius 3 is 2.00 bits per heavy atom. The summed E-state index contributed by atoms with van der Waals surface area (Å²) in [6.45, 7) is 6.37. The Morgan fingerprint density at radius 2 is 1.38 bits per heavy atom. The molecule has 8 nitrogen and oxygen atoms in total. The zero-order valence-corrected chi connectivity index (χ0v) is 15.7. The minimum Gasteiger partial charge on any atom is -0.378 e. The summed E-state index contributed by atoms with van der Waals surface area (Å²) < 4.78 is 10.5. The highest BCUT2D eigenvalue weighted by Crippen LogP contribution is 2.13. The molecule has 2 aliphatic heterocycles. The molecule has 0 radical (unpaired) electrons. The predicted octanol–water partition coefficient (Wildman–Crippen LogP) is 1.93. The molecule has 0 aromatic carbocycles. The predicted molar refractivity (Wildman–Crippen MR) is 100 cm³/mol. The van der Waals surface area contributed by atoms with E-state index >= 15 is 0 Å². The van der Waals surface area contributed by atoms with Crippen LogP contribution in [0, 0.1) is 0 Å². The molecule has 0 unspecified atom stereocenters. The molecule has 0 atom stereocenters. The van der Waals surface area contributed by atoms with Crippen molar-refractivity contribution < 1.29 is 9.47 Å². The maximum Gasteiger partial charge on any atom is 0.226 e. The van der Waals surface area contributed by atoms with E-state index in [9.17, 15) is 0 Å². The third kappa shape index (κ3) is 5.63. The first-order valence-electron chi connectivity index (χ1n) is 8.35. The minimum atomic E-state index is 0.295. The van der Waals surface area contributed by atoms with Crippen LogP contribution in [0.2, 0.25) is 10.4 Å². The van der Waals surface area contributed by atoms with E-state index in [-0.39, 0.29) is 0 Å². The van der Waals surface area contributed by atoms with Crippen molar-refractivity contribution in [1.29, 1.82) is 0 Å². The lowest BCUT2D eigenvalue weighted by molar-refractivity contribution is 0.122. The number of aromatic nitrogens is 4. The molecule has 0 amide bonds. The Morgan fingerprint density at radius 1 is 0.769 bits per heavy atom. The van der Waals surface area contributed by atoms with Crippen molar-refractivity contribution in [2.45, 2.75) is 0 Å². The van der Waals surface area contributed by atoms with Gasteiger partial charge in [0.1, 0.15) is 11.0 Å². The van der Waals surface area contributed by atoms with Gasteiger partial charge in [-0.05, 0) is 23.7 Å². The molecule has 0 spiro atoms. The van der Waals surface area contributed by atoms with Crippen LogP contribution in [0.25, 0.3) is 0 Å². The molecule has 10 heteroatoms. The summed E-state index contributed by atoms with van der Waals surface area (Å²) in [5.74, 6) is 1.57. The second-order valence-corrected chi connectivity index (χ2v) is 6.29. The topological polar surface area (TPSA) is 76.5 Å². The number of ether oxygens (including phenoxy) is 2. The average molecular weight is 399 g/mol. The molecule has 2 aliphatic rings. The van der Waals surface area contributed by atoms with E-state index in [4.69, 9.17) is 32.7 Å². The average Bonchev–Trinajstić information content (AvgIpc) is 2.70. The summed E-state index contributed by atoms with van der Waals surface area (Å²) in [6.07, 6.45) is 3.33. The molecule has 0 N–H and O–H groups in total. The lowest BCUT2D eigenvalue weighted by Gasteiger charge is -2.27. The normalized spacial score (nSPS) is 17.5. The largest absolute Gasteiger partial charge is 0.378 e. The van der Waals surface area contributed by atoms with Crippen molar-refractivity contribution in [2.75, 3.05) is 62.4 Å². The van der Waals surface area contributed by atoms with Crippen molar-refractivity contribution in [3.8, 4) is 0 Å². The monoisotopic (exact) mass is 398 g/mol. The Bertz CT molecular complexity index is 636. The third-order valence-electron chi connectivity index (χ3n) is 3.85. The smallest absolute Gasteiger partial charge is 0.226 e. The van der Waals surface area contributed by atoms with Gasteiger partial charge in [-0.3, -0.25) is 0 Å². The second kappa shape index (κ2) is 9.82. The summed E-state index contributed by atoms with van der Waals surface area (Å²) in [4.78, 5) is 20.4. The maximum absolute atomic E-state index is 5.76. The quantitative estimate of drug-likeness (QED) is 0.560. The standard InChI is InChI=1S/2C8H10ClN3O/c9-8-10-2-1-7(11-8)12-3-5-13-6-4-12;9-7-1-2-10-8(11-7)12-3-5-13-6-4-12/h2*1-2H,3-6H2. The van der Waals surface area contributed by atoms with Gasteiger partial charge in [-0.15, -0.1) is 0 Å². The number of hydrogen-bond acceptors (Lipinski definition) is 8. The molecular weight excluding hydrogens is 379 g/mol.